The highest BCUT2D eigenvalue weighted by molar-refractivity contribution is 7.99. The molecule has 1 unspecified atom stereocenters. The number of hydrogen-bond donors (Lipinski definition) is 1. The second-order valence-electron chi connectivity index (χ2n) is 5.47. The van der Waals surface area contributed by atoms with Crippen LogP contribution in [0.4, 0.5) is 0 Å². The first-order valence-corrected chi connectivity index (χ1v) is 8.55. The summed E-state index contributed by atoms with van der Waals surface area (Å²) in [5.74, 6) is 1.16. The minimum Gasteiger partial charge on any atom is -0.313 e. The Balaban J connectivity index is 2.18. The van der Waals surface area contributed by atoms with Crippen LogP contribution in [0.15, 0.2) is 23.1 Å². The van der Waals surface area contributed by atoms with Gasteiger partial charge < -0.3 is 5.32 Å². The third-order valence-electron chi connectivity index (χ3n) is 3.44. The fourth-order valence-corrected chi connectivity index (χ4v) is 3.14. The summed E-state index contributed by atoms with van der Waals surface area (Å²) in [6.07, 6.45) is 5.34. The zero-order valence-corrected chi connectivity index (χ0v) is 13.8. The first-order chi connectivity index (χ1) is 9.13. The molecule has 0 aliphatic carbocycles. The first kappa shape index (κ1) is 16.6. The molecule has 0 saturated heterocycles. The molecule has 0 spiro atoms. The van der Waals surface area contributed by atoms with E-state index in [1.165, 1.54) is 41.7 Å². The topological polar surface area (TPSA) is 12.0 Å². The van der Waals surface area contributed by atoms with Gasteiger partial charge in [-0.1, -0.05) is 43.9 Å². The molecule has 1 atom stereocenters. The number of thioether (sulfide) groups is 1. The van der Waals surface area contributed by atoms with Crippen molar-refractivity contribution in [2.24, 2.45) is 0 Å². The summed E-state index contributed by atoms with van der Waals surface area (Å²) in [5, 5.41) is 3.63. The molecule has 0 saturated carbocycles. The van der Waals surface area contributed by atoms with Crippen molar-refractivity contribution in [3.8, 4) is 0 Å². The second-order valence-corrected chi connectivity index (χ2v) is 6.61. The molecule has 1 nitrogen and oxygen atoms in total. The SMILES string of the molecule is CCCCCC(C)NCCSc1cc(C)ccc1C. The molecule has 108 valence electrons. The fourth-order valence-electron chi connectivity index (χ4n) is 2.13. The summed E-state index contributed by atoms with van der Waals surface area (Å²) in [6.45, 7) is 10.0. The number of unbranched alkanes of at least 4 members (excludes halogenated alkanes) is 2. The lowest BCUT2D eigenvalue weighted by Crippen LogP contribution is -2.28. The Morgan fingerprint density at radius 3 is 2.74 bits per heavy atom. The summed E-state index contributed by atoms with van der Waals surface area (Å²) in [7, 11) is 0. The van der Waals surface area contributed by atoms with Crippen molar-refractivity contribution in [1.29, 1.82) is 0 Å². The van der Waals surface area contributed by atoms with Gasteiger partial charge in [-0.2, -0.15) is 0 Å². The first-order valence-electron chi connectivity index (χ1n) is 7.57. The smallest absolute Gasteiger partial charge is 0.0106 e. The predicted molar refractivity (Wildman–Crippen MR) is 88.2 cm³/mol. The maximum Gasteiger partial charge on any atom is 0.0106 e. The molecule has 1 rings (SSSR count). The molecule has 1 aromatic carbocycles. The van der Waals surface area contributed by atoms with E-state index in [1.807, 2.05) is 11.8 Å². The molecular formula is C17H29NS. The third kappa shape index (κ3) is 7.03. The maximum absolute atomic E-state index is 3.63. The molecule has 0 amide bonds. The van der Waals surface area contributed by atoms with Gasteiger partial charge in [0.15, 0.2) is 0 Å². The minimum absolute atomic E-state index is 0.658. The molecule has 1 aromatic rings. The summed E-state index contributed by atoms with van der Waals surface area (Å²) in [6, 6.07) is 7.36. The van der Waals surface area contributed by atoms with Crippen molar-refractivity contribution in [2.75, 3.05) is 12.3 Å². The van der Waals surface area contributed by atoms with Crippen molar-refractivity contribution in [3.05, 3.63) is 29.3 Å². The molecule has 0 heterocycles. The van der Waals surface area contributed by atoms with Gasteiger partial charge in [0.25, 0.3) is 0 Å². The number of rotatable bonds is 9. The summed E-state index contributed by atoms with van der Waals surface area (Å²) in [4.78, 5) is 1.43. The van der Waals surface area contributed by atoms with Crippen LogP contribution in [0.2, 0.25) is 0 Å². The summed E-state index contributed by atoms with van der Waals surface area (Å²) >= 11 is 1.97. The van der Waals surface area contributed by atoms with E-state index >= 15 is 0 Å². The zero-order valence-electron chi connectivity index (χ0n) is 13.0. The minimum atomic E-state index is 0.658. The third-order valence-corrected chi connectivity index (χ3v) is 4.60. The van der Waals surface area contributed by atoms with Gasteiger partial charge in [-0.25, -0.2) is 0 Å². The van der Waals surface area contributed by atoms with Gasteiger partial charge in [-0.3, -0.25) is 0 Å². The van der Waals surface area contributed by atoms with Gasteiger partial charge in [0, 0.05) is 23.2 Å². The van der Waals surface area contributed by atoms with E-state index in [0.29, 0.717) is 6.04 Å². The van der Waals surface area contributed by atoms with Crippen molar-refractivity contribution in [1.82, 2.24) is 5.32 Å². The zero-order chi connectivity index (χ0) is 14.1. The monoisotopic (exact) mass is 279 g/mol. The molecule has 0 radical (unpaired) electrons. The van der Waals surface area contributed by atoms with Gasteiger partial charge in [0.05, 0.1) is 0 Å². The van der Waals surface area contributed by atoms with Crippen LogP contribution < -0.4 is 5.32 Å². The van der Waals surface area contributed by atoms with Gasteiger partial charge in [0.2, 0.25) is 0 Å². The van der Waals surface area contributed by atoms with Gasteiger partial charge in [0.1, 0.15) is 0 Å². The van der Waals surface area contributed by atoms with Crippen molar-refractivity contribution < 1.29 is 0 Å². The highest BCUT2D eigenvalue weighted by Gasteiger charge is 2.02. The van der Waals surface area contributed by atoms with E-state index in [1.54, 1.807) is 0 Å². The number of aryl methyl sites for hydroxylation is 2. The lowest BCUT2D eigenvalue weighted by molar-refractivity contribution is 0.502. The van der Waals surface area contributed by atoms with Crippen LogP contribution in [0.5, 0.6) is 0 Å². The van der Waals surface area contributed by atoms with Gasteiger partial charge in [-0.05, 0) is 38.8 Å². The van der Waals surface area contributed by atoms with E-state index < -0.39 is 0 Å². The van der Waals surface area contributed by atoms with Gasteiger partial charge >= 0.3 is 0 Å². The molecule has 2 heteroatoms. The van der Waals surface area contributed by atoms with E-state index in [0.717, 1.165) is 12.3 Å². The summed E-state index contributed by atoms with van der Waals surface area (Å²) in [5.41, 5.74) is 2.75. The van der Waals surface area contributed by atoms with E-state index in [9.17, 15) is 0 Å². The molecule has 19 heavy (non-hydrogen) atoms. The van der Waals surface area contributed by atoms with E-state index in [4.69, 9.17) is 0 Å². The van der Waals surface area contributed by atoms with Crippen LogP contribution in [-0.2, 0) is 0 Å². The van der Waals surface area contributed by atoms with Crippen molar-refractivity contribution >= 4 is 11.8 Å². The number of benzene rings is 1. The molecule has 0 bridgehead atoms. The Labute approximate surface area is 123 Å². The summed E-state index contributed by atoms with van der Waals surface area (Å²) < 4.78 is 0. The largest absolute Gasteiger partial charge is 0.313 e. The maximum atomic E-state index is 3.63. The Bertz CT molecular complexity index is 362. The Morgan fingerprint density at radius 1 is 1.21 bits per heavy atom. The van der Waals surface area contributed by atoms with Crippen LogP contribution in [0.1, 0.15) is 50.7 Å². The molecule has 0 aromatic heterocycles. The van der Waals surface area contributed by atoms with E-state index in [2.05, 4.69) is 51.2 Å². The van der Waals surface area contributed by atoms with E-state index in [-0.39, 0.29) is 0 Å². The van der Waals surface area contributed by atoms with Crippen LogP contribution in [-0.4, -0.2) is 18.3 Å². The van der Waals surface area contributed by atoms with Crippen LogP contribution in [0.25, 0.3) is 0 Å². The van der Waals surface area contributed by atoms with Gasteiger partial charge in [-0.15, -0.1) is 11.8 Å². The van der Waals surface area contributed by atoms with Crippen LogP contribution in [0, 0.1) is 13.8 Å². The normalized spacial score (nSPS) is 12.6. The van der Waals surface area contributed by atoms with Crippen LogP contribution >= 0.6 is 11.8 Å². The Kier molecular flexibility index (Phi) is 8.24. The standard InChI is InChI=1S/C17H29NS/c1-5-6-7-8-16(4)18-11-12-19-17-13-14(2)9-10-15(17)3/h9-10,13,16,18H,5-8,11-12H2,1-4H3. The quantitative estimate of drug-likeness (QED) is 0.507. The molecule has 0 aliphatic rings. The lowest BCUT2D eigenvalue weighted by atomic mass is 10.1. The fraction of sp³-hybridized carbons (Fsp3) is 0.647. The lowest BCUT2D eigenvalue weighted by Gasteiger charge is -2.13. The Morgan fingerprint density at radius 2 is 2.00 bits per heavy atom. The average molecular weight is 279 g/mol. The molecule has 1 N–H and O–H groups in total. The molecule has 0 aliphatic heterocycles. The second kappa shape index (κ2) is 9.44. The average Bonchev–Trinajstić information content (AvgIpc) is 2.39. The Hall–Kier alpha value is -0.470. The van der Waals surface area contributed by atoms with Crippen LogP contribution in [0.3, 0.4) is 0 Å². The number of hydrogen-bond acceptors (Lipinski definition) is 2. The number of nitrogens with one attached hydrogen (secondary N) is 1. The van der Waals surface area contributed by atoms with Crippen molar-refractivity contribution in [2.45, 2.75) is 64.3 Å². The highest BCUT2D eigenvalue weighted by Crippen LogP contribution is 2.22. The highest BCUT2D eigenvalue weighted by atomic mass is 32.2. The van der Waals surface area contributed by atoms with Crippen molar-refractivity contribution in [3.63, 3.8) is 0 Å². The predicted octanol–water partition coefficient (Wildman–Crippen LogP) is 4.95. The molecule has 0 fully saturated rings. The molecular weight excluding hydrogens is 250 g/mol.